The Labute approximate surface area is 183 Å². The first-order chi connectivity index (χ1) is 15.4. The van der Waals surface area contributed by atoms with E-state index in [1.54, 1.807) is 41.9 Å². The number of ether oxygens (including phenoxy) is 1. The molecule has 32 heavy (non-hydrogen) atoms. The number of carbonyl (C=O) groups excluding carboxylic acids is 2. The summed E-state index contributed by atoms with van der Waals surface area (Å²) >= 11 is 0. The predicted octanol–water partition coefficient (Wildman–Crippen LogP) is 3.95. The van der Waals surface area contributed by atoms with Gasteiger partial charge in [0.1, 0.15) is 5.75 Å². The number of rotatable bonds is 7. The molecule has 0 fully saturated rings. The number of halogens is 2. The minimum absolute atomic E-state index is 0.158. The molecule has 0 spiro atoms. The van der Waals surface area contributed by atoms with Crippen molar-refractivity contribution >= 4 is 23.5 Å². The van der Waals surface area contributed by atoms with E-state index in [0.717, 1.165) is 17.7 Å². The van der Waals surface area contributed by atoms with Crippen LogP contribution in [0.5, 0.6) is 5.75 Å². The second-order valence-electron chi connectivity index (χ2n) is 6.78. The van der Waals surface area contributed by atoms with Crippen molar-refractivity contribution in [1.29, 1.82) is 0 Å². The molecule has 0 aliphatic rings. The minimum atomic E-state index is -1.01. The zero-order valence-electron chi connectivity index (χ0n) is 17.1. The Morgan fingerprint density at radius 2 is 1.59 bits per heavy atom. The van der Waals surface area contributed by atoms with Crippen molar-refractivity contribution in [3.63, 3.8) is 0 Å². The highest BCUT2D eigenvalue weighted by molar-refractivity contribution is 6.24. The van der Waals surface area contributed by atoms with E-state index >= 15 is 0 Å². The van der Waals surface area contributed by atoms with Gasteiger partial charge < -0.3 is 10.1 Å². The van der Waals surface area contributed by atoms with Gasteiger partial charge in [0.15, 0.2) is 11.6 Å². The molecule has 3 aromatic carbocycles. The van der Waals surface area contributed by atoms with Gasteiger partial charge in [0.05, 0.1) is 7.11 Å². The van der Waals surface area contributed by atoms with Crippen LogP contribution in [-0.2, 0) is 11.3 Å². The molecule has 8 heteroatoms. The molecule has 6 nitrogen and oxygen atoms in total. The fourth-order valence-electron chi connectivity index (χ4n) is 2.94. The standard InChI is InChI=1S/C24H20F2N2O4/c1-32-19-9-7-17(8-10-19)20(12-16-4-11-21(25)22(26)13-16)24(30)27-14-15-2-5-18(6-3-15)23(29)28-31/h2-13,31H,14H2,1H3,(H,27,30)(H,28,29)/b20-12+. The van der Waals surface area contributed by atoms with Crippen molar-refractivity contribution in [2.24, 2.45) is 0 Å². The van der Waals surface area contributed by atoms with Gasteiger partial charge in [0.2, 0.25) is 0 Å². The van der Waals surface area contributed by atoms with Crippen LogP contribution in [0.4, 0.5) is 8.78 Å². The maximum absolute atomic E-state index is 13.7. The molecule has 3 aromatic rings. The average Bonchev–Trinajstić information content (AvgIpc) is 2.83. The third kappa shape index (κ3) is 5.55. The number of methoxy groups -OCH3 is 1. The van der Waals surface area contributed by atoms with Gasteiger partial charge in [-0.3, -0.25) is 14.8 Å². The quantitative estimate of drug-likeness (QED) is 0.226. The maximum atomic E-state index is 13.7. The fourth-order valence-corrected chi connectivity index (χ4v) is 2.94. The summed E-state index contributed by atoms with van der Waals surface area (Å²) in [5.41, 5.74) is 3.66. The molecule has 164 valence electrons. The number of hydrogen-bond acceptors (Lipinski definition) is 4. The van der Waals surface area contributed by atoms with Gasteiger partial charge in [0, 0.05) is 17.7 Å². The van der Waals surface area contributed by atoms with Crippen LogP contribution in [0.2, 0.25) is 0 Å². The molecule has 3 rings (SSSR count). The summed E-state index contributed by atoms with van der Waals surface area (Å²) in [6.45, 7) is 0.158. The molecule has 0 aromatic heterocycles. The molecule has 0 saturated heterocycles. The molecular formula is C24H20F2N2O4. The van der Waals surface area contributed by atoms with Crippen LogP contribution in [-0.4, -0.2) is 24.1 Å². The molecule has 0 aliphatic carbocycles. The van der Waals surface area contributed by atoms with Crippen LogP contribution in [0, 0.1) is 11.6 Å². The Morgan fingerprint density at radius 1 is 0.938 bits per heavy atom. The van der Waals surface area contributed by atoms with E-state index in [9.17, 15) is 18.4 Å². The lowest BCUT2D eigenvalue weighted by Crippen LogP contribution is -2.24. The van der Waals surface area contributed by atoms with Gasteiger partial charge in [-0.25, -0.2) is 14.3 Å². The van der Waals surface area contributed by atoms with Crippen molar-refractivity contribution < 1.29 is 28.3 Å². The Bertz CT molecular complexity index is 1140. The van der Waals surface area contributed by atoms with E-state index in [1.807, 2.05) is 0 Å². The first-order valence-electron chi connectivity index (χ1n) is 9.54. The SMILES string of the molecule is COc1ccc(/C(=C\c2ccc(F)c(F)c2)C(=O)NCc2ccc(C(=O)NO)cc2)cc1. The van der Waals surface area contributed by atoms with Crippen LogP contribution >= 0.6 is 0 Å². The van der Waals surface area contributed by atoms with E-state index in [-0.39, 0.29) is 17.7 Å². The van der Waals surface area contributed by atoms with Crippen molar-refractivity contribution in [3.8, 4) is 5.75 Å². The molecule has 0 atom stereocenters. The topological polar surface area (TPSA) is 87.7 Å². The third-order valence-electron chi connectivity index (χ3n) is 4.67. The summed E-state index contributed by atoms with van der Waals surface area (Å²) in [6, 6.07) is 16.4. The smallest absolute Gasteiger partial charge is 0.274 e. The Kier molecular flexibility index (Phi) is 7.30. The van der Waals surface area contributed by atoms with Crippen molar-refractivity contribution in [3.05, 3.63) is 101 Å². The Hall–Kier alpha value is -4.04. The van der Waals surface area contributed by atoms with Crippen LogP contribution in [0.15, 0.2) is 66.7 Å². The zero-order chi connectivity index (χ0) is 23.1. The van der Waals surface area contributed by atoms with Crippen molar-refractivity contribution in [1.82, 2.24) is 10.8 Å². The molecule has 0 radical (unpaired) electrons. The second kappa shape index (κ2) is 10.3. The summed E-state index contributed by atoms with van der Waals surface area (Å²) in [6.07, 6.45) is 1.47. The van der Waals surface area contributed by atoms with E-state index < -0.39 is 23.4 Å². The summed E-state index contributed by atoms with van der Waals surface area (Å²) in [5.74, 6) is -2.46. The lowest BCUT2D eigenvalue weighted by molar-refractivity contribution is -0.115. The van der Waals surface area contributed by atoms with Crippen LogP contribution < -0.4 is 15.5 Å². The van der Waals surface area contributed by atoms with Crippen molar-refractivity contribution in [2.45, 2.75) is 6.54 Å². The first kappa shape index (κ1) is 22.6. The zero-order valence-corrected chi connectivity index (χ0v) is 17.1. The maximum Gasteiger partial charge on any atom is 0.274 e. The fraction of sp³-hybridized carbons (Fsp3) is 0.0833. The van der Waals surface area contributed by atoms with Gasteiger partial charge in [-0.15, -0.1) is 0 Å². The number of amides is 2. The number of nitrogens with one attached hydrogen (secondary N) is 2. The summed E-state index contributed by atoms with van der Waals surface area (Å²) in [4.78, 5) is 24.4. The lowest BCUT2D eigenvalue weighted by Gasteiger charge is -2.11. The van der Waals surface area contributed by atoms with E-state index in [1.165, 1.54) is 31.4 Å². The number of benzene rings is 3. The highest BCUT2D eigenvalue weighted by Crippen LogP contribution is 2.23. The molecule has 0 aliphatic heterocycles. The van der Waals surface area contributed by atoms with Crippen LogP contribution in [0.3, 0.4) is 0 Å². The molecule has 0 heterocycles. The highest BCUT2D eigenvalue weighted by atomic mass is 19.2. The largest absolute Gasteiger partial charge is 0.497 e. The molecule has 2 amide bonds. The van der Waals surface area contributed by atoms with Gasteiger partial charge in [-0.1, -0.05) is 30.3 Å². The summed E-state index contributed by atoms with van der Waals surface area (Å²) in [7, 11) is 1.52. The Balaban J connectivity index is 1.84. The normalized spacial score (nSPS) is 11.1. The summed E-state index contributed by atoms with van der Waals surface area (Å²) in [5, 5.41) is 11.5. The second-order valence-corrected chi connectivity index (χ2v) is 6.78. The van der Waals surface area contributed by atoms with Gasteiger partial charge >= 0.3 is 0 Å². The Morgan fingerprint density at radius 3 is 2.19 bits per heavy atom. The first-order valence-corrected chi connectivity index (χ1v) is 9.54. The average molecular weight is 438 g/mol. The molecule has 0 bridgehead atoms. The van der Waals surface area contributed by atoms with Gasteiger partial charge in [-0.2, -0.15) is 0 Å². The predicted molar refractivity (Wildman–Crippen MR) is 115 cm³/mol. The number of carbonyl (C=O) groups is 2. The van der Waals surface area contributed by atoms with Crippen molar-refractivity contribution in [2.75, 3.05) is 7.11 Å². The molecular weight excluding hydrogens is 418 g/mol. The molecule has 0 unspecified atom stereocenters. The van der Waals surface area contributed by atoms with E-state index in [2.05, 4.69) is 5.32 Å². The summed E-state index contributed by atoms with van der Waals surface area (Å²) < 4.78 is 32.1. The van der Waals surface area contributed by atoms with E-state index in [4.69, 9.17) is 9.94 Å². The lowest BCUT2D eigenvalue weighted by atomic mass is 10.0. The minimum Gasteiger partial charge on any atom is -0.497 e. The number of hydroxylamine groups is 1. The van der Waals surface area contributed by atoms with Gasteiger partial charge in [-0.05, 0) is 59.2 Å². The van der Waals surface area contributed by atoms with Gasteiger partial charge in [0.25, 0.3) is 11.8 Å². The highest BCUT2D eigenvalue weighted by Gasteiger charge is 2.14. The third-order valence-corrected chi connectivity index (χ3v) is 4.67. The molecule has 3 N–H and O–H groups in total. The number of hydrogen-bond donors (Lipinski definition) is 3. The molecule has 0 saturated carbocycles. The monoisotopic (exact) mass is 438 g/mol. The van der Waals surface area contributed by atoms with Crippen LogP contribution in [0.25, 0.3) is 11.6 Å². The van der Waals surface area contributed by atoms with Crippen LogP contribution in [0.1, 0.15) is 27.0 Å². The van der Waals surface area contributed by atoms with E-state index in [0.29, 0.717) is 16.9 Å².